The zero-order valence-electron chi connectivity index (χ0n) is 11.7. The third-order valence-electron chi connectivity index (χ3n) is 2.95. The molecule has 0 aliphatic heterocycles. The maximum Gasteiger partial charge on any atom is 0.326 e. The van der Waals surface area contributed by atoms with E-state index in [0.29, 0.717) is 12.5 Å². The van der Waals surface area contributed by atoms with Gasteiger partial charge in [-0.05, 0) is 19.3 Å². The van der Waals surface area contributed by atoms with E-state index >= 15 is 0 Å². The number of nitrogens with zero attached hydrogens (tertiary/aromatic N) is 4. The van der Waals surface area contributed by atoms with Gasteiger partial charge in [-0.15, -0.1) is 5.10 Å². The molecule has 0 saturated heterocycles. The minimum absolute atomic E-state index is 0.166. The molecule has 0 fully saturated rings. The smallest absolute Gasteiger partial charge is 0.326 e. The number of carboxylic acids is 1. The summed E-state index contributed by atoms with van der Waals surface area (Å²) in [6, 6.07) is -0.895. The van der Waals surface area contributed by atoms with Gasteiger partial charge in [-0.2, -0.15) is 0 Å². The van der Waals surface area contributed by atoms with E-state index in [0.717, 1.165) is 11.3 Å². The molecule has 1 unspecified atom stereocenters. The minimum atomic E-state index is -1.05. The second kappa shape index (κ2) is 6.31. The van der Waals surface area contributed by atoms with Crippen molar-refractivity contribution < 1.29 is 14.7 Å². The third kappa shape index (κ3) is 4.04. The lowest BCUT2D eigenvalue weighted by atomic mass is 10.1. The zero-order chi connectivity index (χ0) is 14.6. The van der Waals surface area contributed by atoms with E-state index in [2.05, 4.69) is 24.2 Å². The molecule has 7 heteroatoms. The lowest BCUT2D eigenvalue weighted by Crippen LogP contribution is -2.40. The predicted molar refractivity (Wildman–Crippen MR) is 68.7 cm³/mol. The lowest BCUT2D eigenvalue weighted by Gasteiger charge is -2.19. The van der Waals surface area contributed by atoms with Crippen LogP contribution in [0.5, 0.6) is 0 Å². The van der Waals surface area contributed by atoms with Crippen LogP contribution < -0.4 is 0 Å². The van der Waals surface area contributed by atoms with Crippen molar-refractivity contribution in [3.63, 3.8) is 0 Å². The third-order valence-corrected chi connectivity index (χ3v) is 2.95. The molecule has 0 aromatic carbocycles. The Balaban J connectivity index is 2.70. The fourth-order valence-corrected chi connectivity index (χ4v) is 1.42. The van der Waals surface area contributed by atoms with Gasteiger partial charge in [0.2, 0.25) is 0 Å². The summed E-state index contributed by atoms with van der Waals surface area (Å²) in [6.07, 6.45) is 2.49. The van der Waals surface area contributed by atoms with E-state index in [9.17, 15) is 9.59 Å². The van der Waals surface area contributed by atoms with Gasteiger partial charge in [-0.1, -0.05) is 19.1 Å². The summed E-state index contributed by atoms with van der Waals surface area (Å²) in [5.41, 5.74) is 0.166. The van der Waals surface area contributed by atoms with Gasteiger partial charge in [0, 0.05) is 13.6 Å². The molecule has 1 heterocycles. The van der Waals surface area contributed by atoms with E-state index in [4.69, 9.17) is 5.11 Å². The zero-order valence-corrected chi connectivity index (χ0v) is 11.7. The maximum atomic E-state index is 12.0. The summed E-state index contributed by atoms with van der Waals surface area (Å²) in [6.45, 7) is 6.34. The second-order valence-electron chi connectivity index (χ2n) is 4.98. The van der Waals surface area contributed by atoms with Crippen LogP contribution >= 0.6 is 0 Å². The summed E-state index contributed by atoms with van der Waals surface area (Å²) in [7, 11) is 1.44. The van der Waals surface area contributed by atoms with Crippen molar-refractivity contribution in [2.75, 3.05) is 7.05 Å². The van der Waals surface area contributed by atoms with Gasteiger partial charge in [0.25, 0.3) is 5.91 Å². The summed E-state index contributed by atoms with van der Waals surface area (Å²) in [5, 5.41) is 16.5. The molecule has 1 aromatic heterocycles. The molecule has 1 N–H and O–H groups in total. The first-order chi connectivity index (χ1) is 8.82. The maximum absolute atomic E-state index is 12.0. The molecule has 0 aliphatic rings. The van der Waals surface area contributed by atoms with Crippen LogP contribution in [0.25, 0.3) is 0 Å². The van der Waals surface area contributed by atoms with Crippen LogP contribution in [0.1, 0.15) is 37.7 Å². The summed E-state index contributed by atoms with van der Waals surface area (Å²) >= 11 is 0. The normalized spacial score (nSPS) is 12.5. The highest BCUT2D eigenvalue weighted by molar-refractivity contribution is 5.94. The van der Waals surface area contributed by atoms with Crippen LogP contribution in [0, 0.1) is 5.92 Å². The average molecular weight is 268 g/mol. The van der Waals surface area contributed by atoms with Crippen LogP contribution in [0.3, 0.4) is 0 Å². The van der Waals surface area contributed by atoms with Crippen LogP contribution in [-0.4, -0.2) is 50.0 Å². The highest BCUT2D eigenvalue weighted by Crippen LogP contribution is 2.06. The average Bonchev–Trinajstić information content (AvgIpc) is 2.82. The molecule has 106 valence electrons. The molecule has 1 amide bonds. The molecular weight excluding hydrogens is 248 g/mol. The number of aryl methyl sites for hydroxylation is 1. The van der Waals surface area contributed by atoms with Gasteiger partial charge in [0.05, 0.1) is 6.20 Å². The number of carbonyl (C=O) groups is 2. The van der Waals surface area contributed by atoms with E-state index in [1.807, 2.05) is 0 Å². The van der Waals surface area contributed by atoms with E-state index < -0.39 is 17.9 Å². The van der Waals surface area contributed by atoms with E-state index in [1.165, 1.54) is 14.0 Å². The molecule has 0 radical (unpaired) electrons. The Morgan fingerprint density at radius 1 is 1.42 bits per heavy atom. The van der Waals surface area contributed by atoms with Crippen LogP contribution in [0.2, 0.25) is 0 Å². The molecule has 0 aliphatic carbocycles. The van der Waals surface area contributed by atoms with E-state index in [1.54, 1.807) is 10.9 Å². The molecule has 0 spiro atoms. The summed E-state index contributed by atoms with van der Waals surface area (Å²) < 4.78 is 1.60. The van der Waals surface area contributed by atoms with Gasteiger partial charge in [0.15, 0.2) is 5.69 Å². The van der Waals surface area contributed by atoms with Gasteiger partial charge in [0.1, 0.15) is 6.04 Å². The number of carboxylic acid groups (broad SMARTS) is 1. The van der Waals surface area contributed by atoms with Crippen molar-refractivity contribution in [2.45, 2.75) is 39.8 Å². The number of carbonyl (C=O) groups excluding carboxylic acids is 1. The van der Waals surface area contributed by atoms with Crippen LogP contribution in [0.15, 0.2) is 6.20 Å². The first-order valence-electron chi connectivity index (χ1n) is 6.23. The number of hydrogen-bond acceptors (Lipinski definition) is 4. The van der Waals surface area contributed by atoms with Crippen LogP contribution in [-0.2, 0) is 11.3 Å². The fraction of sp³-hybridized carbons (Fsp3) is 0.667. The van der Waals surface area contributed by atoms with Gasteiger partial charge in [-0.3, -0.25) is 9.48 Å². The largest absolute Gasteiger partial charge is 0.480 e. The molecule has 1 aromatic rings. The number of aromatic nitrogens is 3. The summed E-state index contributed by atoms with van der Waals surface area (Å²) in [5.74, 6) is -0.952. The van der Waals surface area contributed by atoms with E-state index in [-0.39, 0.29) is 5.69 Å². The minimum Gasteiger partial charge on any atom is -0.480 e. The van der Waals surface area contributed by atoms with Crippen molar-refractivity contribution in [2.24, 2.45) is 5.92 Å². The van der Waals surface area contributed by atoms with Crippen molar-refractivity contribution in [3.8, 4) is 0 Å². The first kappa shape index (κ1) is 15.1. The fourth-order valence-electron chi connectivity index (χ4n) is 1.42. The molecule has 19 heavy (non-hydrogen) atoms. The number of amides is 1. The van der Waals surface area contributed by atoms with Crippen molar-refractivity contribution in [1.29, 1.82) is 0 Å². The Hall–Kier alpha value is -1.92. The number of aliphatic carboxylic acids is 1. The first-order valence-corrected chi connectivity index (χ1v) is 6.23. The number of hydrogen-bond donors (Lipinski definition) is 1. The monoisotopic (exact) mass is 268 g/mol. The number of likely N-dealkylation sites (N-methyl/N-ethyl adjacent to an activating group) is 1. The molecular formula is C12H20N4O3. The van der Waals surface area contributed by atoms with Crippen LogP contribution in [0.4, 0.5) is 0 Å². The Kier molecular flexibility index (Phi) is 5.02. The standard InChI is InChI=1S/C12H20N4O3/c1-8(2)5-6-16-7-10(13-14-16)11(17)15(4)9(3)12(18)19/h7-9H,5-6H2,1-4H3,(H,18,19). The van der Waals surface area contributed by atoms with Crippen molar-refractivity contribution >= 4 is 11.9 Å². The quantitative estimate of drug-likeness (QED) is 0.827. The van der Waals surface area contributed by atoms with Gasteiger partial charge in [-0.25, -0.2) is 4.79 Å². The van der Waals surface area contributed by atoms with Crippen molar-refractivity contribution in [3.05, 3.63) is 11.9 Å². The highest BCUT2D eigenvalue weighted by atomic mass is 16.4. The lowest BCUT2D eigenvalue weighted by molar-refractivity contribution is -0.141. The Morgan fingerprint density at radius 3 is 2.58 bits per heavy atom. The number of rotatable bonds is 6. The predicted octanol–water partition coefficient (Wildman–Crippen LogP) is 0.869. The Morgan fingerprint density at radius 2 is 2.05 bits per heavy atom. The second-order valence-corrected chi connectivity index (χ2v) is 4.98. The molecule has 0 saturated carbocycles. The molecule has 0 bridgehead atoms. The highest BCUT2D eigenvalue weighted by Gasteiger charge is 2.24. The Bertz CT molecular complexity index is 456. The molecule has 1 atom stereocenters. The van der Waals surface area contributed by atoms with Crippen molar-refractivity contribution in [1.82, 2.24) is 19.9 Å². The molecule has 1 rings (SSSR count). The van der Waals surface area contributed by atoms with Gasteiger partial charge >= 0.3 is 5.97 Å². The molecule has 7 nitrogen and oxygen atoms in total. The summed E-state index contributed by atoms with van der Waals surface area (Å²) in [4.78, 5) is 24.0. The Labute approximate surface area is 112 Å². The SMILES string of the molecule is CC(C)CCn1cc(C(=O)N(C)C(C)C(=O)O)nn1. The topological polar surface area (TPSA) is 88.3 Å². The van der Waals surface area contributed by atoms with Gasteiger partial charge < -0.3 is 10.0 Å².